The number of para-hydroxylation sites is 1. The number of furan rings is 1. The van der Waals surface area contributed by atoms with E-state index in [1.54, 1.807) is 0 Å². The Hall–Kier alpha value is -7.82. The van der Waals surface area contributed by atoms with Gasteiger partial charge in [-0.1, -0.05) is 146 Å². The standard InChI is InChI=1S/C55H31N3O/c1-3-15-34-30-48-42(27-32(34)13-1)43-28-33-14-2-4-16-35(33)31-49(43)58(48)54-56-51(53-52(57-54)40-20-8-12-24-50(40)59-53)36-25-26-47-41(29-36)39-19-7-11-23-46(39)55(47)44-21-9-5-17-37(44)38-18-6-10-22-45(38)55/h1-31H. The number of rotatable bonds is 2. The summed E-state index contributed by atoms with van der Waals surface area (Å²) >= 11 is 0. The van der Waals surface area contributed by atoms with E-state index in [0.717, 1.165) is 38.8 Å². The summed E-state index contributed by atoms with van der Waals surface area (Å²) in [4.78, 5) is 11.0. The van der Waals surface area contributed by atoms with Crippen LogP contribution in [0.5, 0.6) is 0 Å². The molecule has 0 aliphatic heterocycles. The molecule has 59 heavy (non-hydrogen) atoms. The molecule has 0 saturated carbocycles. The second kappa shape index (κ2) is 11.2. The van der Waals surface area contributed by atoms with E-state index in [9.17, 15) is 0 Å². The normalized spacial score (nSPS) is 13.6. The van der Waals surface area contributed by atoms with Crippen molar-refractivity contribution in [3.8, 4) is 39.5 Å². The van der Waals surface area contributed by atoms with Gasteiger partial charge in [0.15, 0.2) is 5.58 Å². The molecule has 0 fully saturated rings. The second-order valence-corrected chi connectivity index (χ2v) is 16.1. The van der Waals surface area contributed by atoms with Gasteiger partial charge in [-0.3, -0.25) is 4.57 Å². The molecule has 2 aliphatic rings. The maximum Gasteiger partial charge on any atom is 0.236 e. The molecule has 1 spiro atoms. The van der Waals surface area contributed by atoms with E-state index in [1.807, 2.05) is 12.1 Å². The van der Waals surface area contributed by atoms with Gasteiger partial charge in [-0.15, -0.1) is 0 Å². The van der Waals surface area contributed by atoms with Crippen molar-refractivity contribution in [3.63, 3.8) is 0 Å². The third-order valence-electron chi connectivity index (χ3n) is 13.2. The molecule has 2 aliphatic carbocycles. The molecule has 0 radical (unpaired) electrons. The zero-order valence-electron chi connectivity index (χ0n) is 31.6. The zero-order chi connectivity index (χ0) is 38.4. The summed E-state index contributed by atoms with van der Waals surface area (Å²) in [5.41, 5.74) is 16.0. The predicted molar refractivity (Wildman–Crippen MR) is 240 cm³/mol. The first-order valence-corrected chi connectivity index (χ1v) is 20.2. The molecule has 4 heteroatoms. The Kier molecular flexibility index (Phi) is 5.93. The first-order chi connectivity index (χ1) is 29.2. The van der Waals surface area contributed by atoms with Crippen molar-refractivity contribution in [2.75, 3.05) is 0 Å². The number of hydrogen-bond donors (Lipinski definition) is 0. The minimum Gasteiger partial charge on any atom is -0.452 e. The van der Waals surface area contributed by atoms with Crippen molar-refractivity contribution < 1.29 is 4.42 Å². The molecular weight excluding hydrogens is 719 g/mol. The number of fused-ring (bicyclic) bond motifs is 18. The molecule has 3 heterocycles. The Balaban J connectivity index is 1.08. The first kappa shape index (κ1) is 31.3. The van der Waals surface area contributed by atoms with Gasteiger partial charge in [0.1, 0.15) is 16.8 Å². The van der Waals surface area contributed by atoms with E-state index in [-0.39, 0.29) is 0 Å². The Morgan fingerprint density at radius 2 is 0.898 bits per heavy atom. The number of nitrogens with zero attached hydrogens (tertiary/aromatic N) is 3. The fraction of sp³-hybridized carbons (Fsp3) is 0.0182. The summed E-state index contributed by atoms with van der Waals surface area (Å²) in [6.45, 7) is 0. The number of benzene rings is 9. The summed E-state index contributed by atoms with van der Waals surface area (Å²) < 4.78 is 9.00. The van der Waals surface area contributed by atoms with E-state index in [0.29, 0.717) is 11.5 Å². The third kappa shape index (κ3) is 3.98. The Labute approximate surface area is 338 Å². The van der Waals surface area contributed by atoms with Crippen LogP contribution in [0.25, 0.3) is 105 Å². The highest BCUT2D eigenvalue weighted by Crippen LogP contribution is 2.63. The molecule has 0 unspecified atom stereocenters. The van der Waals surface area contributed by atoms with Crippen LogP contribution in [0.4, 0.5) is 0 Å². The predicted octanol–water partition coefficient (Wildman–Crippen LogP) is 13.8. The van der Waals surface area contributed by atoms with Gasteiger partial charge in [0, 0.05) is 21.7 Å². The largest absolute Gasteiger partial charge is 0.452 e. The van der Waals surface area contributed by atoms with Crippen LogP contribution in [-0.4, -0.2) is 14.5 Å². The van der Waals surface area contributed by atoms with Crippen LogP contribution in [0.3, 0.4) is 0 Å². The van der Waals surface area contributed by atoms with Gasteiger partial charge in [0.05, 0.1) is 16.4 Å². The molecule has 9 aromatic carbocycles. The van der Waals surface area contributed by atoms with Gasteiger partial charge in [-0.2, -0.15) is 0 Å². The minimum absolute atomic E-state index is 0.419. The van der Waals surface area contributed by atoms with Gasteiger partial charge >= 0.3 is 0 Å². The highest BCUT2D eigenvalue weighted by atomic mass is 16.3. The second-order valence-electron chi connectivity index (χ2n) is 16.1. The van der Waals surface area contributed by atoms with Crippen molar-refractivity contribution in [2.24, 2.45) is 0 Å². The molecule has 3 aromatic heterocycles. The summed E-state index contributed by atoms with van der Waals surface area (Å²) in [7, 11) is 0. The summed E-state index contributed by atoms with van der Waals surface area (Å²) in [6.07, 6.45) is 0. The third-order valence-corrected chi connectivity index (χ3v) is 13.2. The average Bonchev–Trinajstić information content (AvgIpc) is 4.00. The van der Waals surface area contributed by atoms with Gasteiger partial charge in [0.25, 0.3) is 0 Å². The lowest BCUT2D eigenvalue weighted by Gasteiger charge is -2.30. The number of aromatic nitrogens is 3. The molecule has 0 bridgehead atoms. The lowest BCUT2D eigenvalue weighted by atomic mass is 9.70. The Bertz CT molecular complexity index is 3670. The molecule has 0 amide bonds. The van der Waals surface area contributed by atoms with Gasteiger partial charge in [-0.05, 0) is 109 Å². The van der Waals surface area contributed by atoms with Crippen LogP contribution in [0.2, 0.25) is 0 Å². The SMILES string of the molecule is c1ccc2c(c1)-c1ccccc1C21c2ccccc2-c2cc(-c3nc(-n4c5cc6ccccc6cc5c5cc6ccccc6cc54)nc4c3oc3ccccc34)ccc21. The van der Waals surface area contributed by atoms with Crippen LogP contribution in [0.1, 0.15) is 22.3 Å². The highest BCUT2D eigenvalue weighted by Gasteiger charge is 2.51. The topological polar surface area (TPSA) is 43.9 Å². The fourth-order valence-corrected chi connectivity index (χ4v) is 10.7. The lowest BCUT2D eigenvalue weighted by molar-refractivity contribution is 0.666. The Morgan fingerprint density at radius 3 is 1.51 bits per heavy atom. The van der Waals surface area contributed by atoms with Gasteiger partial charge < -0.3 is 4.42 Å². The molecule has 0 atom stereocenters. The van der Waals surface area contributed by atoms with Gasteiger partial charge in [-0.25, -0.2) is 9.97 Å². The molecule has 4 nitrogen and oxygen atoms in total. The molecule has 0 N–H and O–H groups in total. The summed E-state index contributed by atoms with van der Waals surface area (Å²) in [6, 6.07) is 68.4. The smallest absolute Gasteiger partial charge is 0.236 e. The average molecular weight is 750 g/mol. The maximum absolute atomic E-state index is 6.74. The fourth-order valence-electron chi connectivity index (χ4n) is 10.7. The summed E-state index contributed by atoms with van der Waals surface area (Å²) in [5.74, 6) is 0.612. The quantitative estimate of drug-likeness (QED) is 0.177. The molecular formula is C55H31N3O. The summed E-state index contributed by atoms with van der Waals surface area (Å²) in [5, 5.41) is 8.05. The number of hydrogen-bond acceptors (Lipinski definition) is 3. The maximum atomic E-state index is 6.74. The van der Waals surface area contributed by atoms with Crippen LogP contribution in [0.15, 0.2) is 192 Å². The van der Waals surface area contributed by atoms with Crippen LogP contribution in [-0.2, 0) is 5.41 Å². The van der Waals surface area contributed by atoms with Crippen LogP contribution < -0.4 is 0 Å². The monoisotopic (exact) mass is 749 g/mol. The molecule has 12 aromatic rings. The van der Waals surface area contributed by atoms with Crippen molar-refractivity contribution in [3.05, 3.63) is 210 Å². The van der Waals surface area contributed by atoms with E-state index >= 15 is 0 Å². The molecule has 0 saturated heterocycles. The minimum atomic E-state index is -0.419. The highest BCUT2D eigenvalue weighted by molar-refractivity contribution is 6.17. The Morgan fingerprint density at radius 1 is 0.407 bits per heavy atom. The first-order valence-electron chi connectivity index (χ1n) is 20.2. The lowest BCUT2D eigenvalue weighted by Crippen LogP contribution is -2.25. The van der Waals surface area contributed by atoms with Crippen molar-refractivity contribution in [1.29, 1.82) is 0 Å². The van der Waals surface area contributed by atoms with Gasteiger partial charge in [0.2, 0.25) is 5.95 Å². The zero-order valence-corrected chi connectivity index (χ0v) is 31.6. The van der Waals surface area contributed by atoms with Crippen LogP contribution >= 0.6 is 0 Å². The van der Waals surface area contributed by atoms with Crippen LogP contribution in [0, 0.1) is 0 Å². The van der Waals surface area contributed by atoms with E-state index in [2.05, 4.69) is 180 Å². The molecule has 272 valence electrons. The van der Waals surface area contributed by atoms with E-state index in [1.165, 1.54) is 76.8 Å². The molecule has 14 rings (SSSR count). The van der Waals surface area contributed by atoms with E-state index < -0.39 is 5.41 Å². The van der Waals surface area contributed by atoms with Crippen molar-refractivity contribution in [1.82, 2.24) is 14.5 Å². The van der Waals surface area contributed by atoms with E-state index in [4.69, 9.17) is 14.4 Å². The van der Waals surface area contributed by atoms with Crippen molar-refractivity contribution >= 4 is 65.4 Å². The van der Waals surface area contributed by atoms with Crippen molar-refractivity contribution in [2.45, 2.75) is 5.41 Å².